The van der Waals surface area contributed by atoms with Gasteiger partial charge in [0.05, 0.1) is 12.5 Å². The van der Waals surface area contributed by atoms with Crippen LogP contribution in [0, 0.1) is 0 Å². The molecule has 11 nitrogen and oxygen atoms in total. The quantitative estimate of drug-likeness (QED) is 0.202. The van der Waals surface area contributed by atoms with E-state index in [1.54, 1.807) is 38.5 Å². The first-order chi connectivity index (χ1) is 15.4. The number of para-hydroxylation sites is 1. The molecule has 2 aromatic rings. The predicted octanol–water partition coefficient (Wildman–Crippen LogP) is 1.17. The van der Waals surface area contributed by atoms with Crippen LogP contribution >= 0.6 is 0 Å². The molecule has 0 saturated heterocycles. The van der Waals surface area contributed by atoms with Gasteiger partial charge in [0.15, 0.2) is 0 Å². The SMILES string of the molecule is C[C@H](NC(=O)c1cc2ccccc2n1C)C(=O)N[C@H](C=O)CC(=NNC(N)=O)OC(C)(C)C. The molecule has 1 aromatic heterocycles. The number of nitrogens with two attached hydrogens (primary N) is 1. The fourth-order valence-corrected chi connectivity index (χ4v) is 3.05. The maximum Gasteiger partial charge on any atom is 0.332 e. The number of rotatable bonds is 8. The molecule has 2 atom stereocenters. The molecule has 4 amide bonds. The van der Waals surface area contributed by atoms with E-state index in [0.717, 1.165) is 10.9 Å². The highest BCUT2D eigenvalue weighted by Gasteiger charge is 2.24. The molecule has 0 bridgehead atoms. The zero-order chi connectivity index (χ0) is 24.8. The average molecular weight is 459 g/mol. The summed E-state index contributed by atoms with van der Waals surface area (Å²) in [5.41, 5.74) is 7.68. The molecule has 2 rings (SSSR count). The third-order valence-electron chi connectivity index (χ3n) is 4.53. The van der Waals surface area contributed by atoms with E-state index in [9.17, 15) is 19.2 Å². The number of carbonyl (C=O) groups excluding carboxylic acids is 4. The second-order valence-corrected chi connectivity index (χ2v) is 8.49. The minimum atomic E-state index is -1.01. The summed E-state index contributed by atoms with van der Waals surface area (Å²) in [4.78, 5) is 47.8. The molecule has 11 heteroatoms. The zero-order valence-corrected chi connectivity index (χ0v) is 19.3. The van der Waals surface area contributed by atoms with Gasteiger partial charge in [-0.3, -0.25) is 9.59 Å². The van der Waals surface area contributed by atoms with Crippen molar-refractivity contribution in [2.75, 3.05) is 0 Å². The molecule has 178 valence electrons. The van der Waals surface area contributed by atoms with Crippen LogP contribution in [-0.4, -0.2) is 52.3 Å². The van der Waals surface area contributed by atoms with E-state index in [0.29, 0.717) is 12.0 Å². The van der Waals surface area contributed by atoms with Crippen molar-refractivity contribution in [3.63, 3.8) is 0 Å². The molecule has 0 aliphatic rings. The zero-order valence-electron chi connectivity index (χ0n) is 19.3. The molecule has 0 radical (unpaired) electrons. The third kappa shape index (κ3) is 7.34. The van der Waals surface area contributed by atoms with Crippen LogP contribution < -0.4 is 21.8 Å². The number of aldehydes is 1. The summed E-state index contributed by atoms with van der Waals surface area (Å²) in [6.07, 6.45) is 0.388. The van der Waals surface area contributed by atoms with Crippen LogP contribution in [0.5, 0.6) is 0 Å². The Kier molecular flexibility index (Phi) is 8.16. The van der Waals surface area contributed by atoms with Gasteiger partial charge in [-0.25, -0.2) is 10.2 Å². The molecular weight excluding hydrogens is 428 g/mol. The lowest BCUT2D eigenvalue weighted by molar-refractivity contribution is -0.125. The van der Waals surface area contributed by atoms with Crippen molar-refractivity contribution in [1.29, 1.82) is 0 Å². The van der Waals surface area contributed by atoms with E-state index < -0.39 is 35.5 Å². The first-order valence-corrected chi connectivity index (χ1v) is 10.3. The number of aryl methyl sites for hydroxylation is 1. The molecule has 1 aromatic carbocycles. The minimum absolute atomic E-state index is 0.00545. The largest absolute Gasteiger partial charge is 0.474 e. The Labute approximate surface area is 191 Å². The number of nitrogens with zero attached hydrogens (tertiary/aromatic N) is 2. The lowest BCUT2D eigenvalue weighted by atomic mass is 10.1. The fourth-order valence-electron chi connectivity index (χ4n) is 3.05. The highest BCUT2D eigenvalue weighted by atomic mass is 16.5. The maximum atomic E-state index is 12.7. The summed E-state index contributed by atoms with van der Waals surface area (Å²) in [7, 11) is 1.76. The summed E-state index contributed by atoms with van der Waals surface area (Å²) in [5, 5.41) is 9.83. The van der Waals surface area contributed by atoms with Gasteiger partial charge in [-0.05, 0) is 39.8 Å². The van der Waals surface area contributed by atoms with Crippen molar-refractivity contribution in [2.24, 2.45) is 17.9 Å². The summed E-state index contributed by atoms with van der Waals surface area (Å²) in [6.45, 7) is 6.77. The molecule has 1 heterocycles. The molecule has 0 aliphatic heterocycles. The highest BCUT2D eigenvalue weighted by molar-refractivity contribution is 6.01. The lowest BCUT2D eigenvalue weighted by Gasteiger charge is -2.24. The Bertz CT molecular complexity index is 1070. The number of urea groups is 1. The van der Waals surface area contributed by atoms with Crippen LogP contribution in [0.3, 0.4) is 0 Å². The van der Waals surface area contributed by atoms with Crippen LogP contribution in [-0.2, 0) is 21.4 Å². The number of amides is 4. The monoisotopic (exact) mass is 458 g/mol. The summed E-state index contributed by atoms with van der Waals surface area (Å²) >= 11 is 0. The van der Waals surface area contributed by atoms with E-state index in [1.807, 2.05) is 29.7 Å². The number of hydrogen-bond donors (Lipinski definition) is 4. The van der Waals surface area contributed by atoms with Gasteiger partial charge >= 0.3 is 6.03 Å². The normalized spacial score (nSPS) is 13.7. The van der Waals surface area contributed by atoms with Gasteiger partial charge in [0.25, 0.3) is 5.91 Å². The Morgan fingerprint density at radius 1 is 1.21 bits per heavy atom. The van der Waals surface area contributed by atoms with E-state index >= 15 is 0 Å². The number of hydrazone groups is 1. The Morgan fingerprint density at radius 2 is 1.88 bits per heavy atom. The van der Waals surface area contributed by atoms with Crippen molar-refractivity contribution in [3.8, 4) is 0 Å². The van der Waals surface area contributed by atoms with Crippen molar-refractivity contribution in [2.45, 2.75) is 51.8 Å². The van der Waals surface area contributed by atoms with E-state index in [1.165, 1.54) is 6.92 Å². The summed E-state index contributed by atoms with van der Waals surface area (Å²) in [5.74, 6) is -0.994. The molecular formula is C22H30N6O5. The summed E-state index contributed by atoms with van der Waals surface area (Å²) in [6, 6.07) is 6.43. The summed E-state index contributed by atoms with van der Waals surface area (Å²) < 4.78 is 7.36. The van der Waals surface area contributed by atoms with Crippen molar-refractivity contribution >= 4 is 40.9 Å². The van der Waals surface area contributed by atoms with Gasteiger partial charge in [0.2, 0.25) is 11.8 Å². The number of benzene rings is 1. The van der Waals surface area contributed by atoms with E-state index in [2.05, 4.69) is 15.7 Å². The first-order valence-electron chi connectivity index (χ1n) is 10.3. The molecule has 0 saturated carbocycles. The predicted molar refractivity (Wildman–Crippen MR) is 123 cm³/mol. The van der Waals surface area contributed by atoms with Crippen LogP contribution in [0.4, 0.5) is 4.79 Å². The molecule has 5 N–H and O–H groups in total. The van der Waals surface area contributed by atoms with Gasteiger partial charge < -0.3 is 30.5 Å². The number of ether oxygens (including phenoxy) is 1. The standard InChI is InChI=1S/C22H30N6O5/c1-13(24-20(31)17-10-14-8-6-7-9-16(14)28(17)5)19(30)25-15(12-29)11-18(26-27-21(23)32)33-22(2,3)4/h6-10,12-13,15H,11H2,1-5H3,(H,24,31)(H,25,30)(H3,23,27,32)/t13-,15-/m0/s1. The van der Waals surface area contributed by atoms with Gasteiger partial charge in [-0.15, -0.1) is 5.10 Å². The number of aromatic nitrogens is 1. The van der Waals surface area contributed by atoms with Crippen LogP contribution in [0.15, 0.2) is 35.4 Å². The minimum Gasteiger partial charge on any atom is -0.474 e. The molecule has 0 fully saturated rings. The van der Waals surface area contributed by atoms with Crippen molar-refractivity contribution in [3.05, 3.63) is 36.0 Å². The average Bonchev–Trinajstić information content (AvgIpc) is 3.07. The number of primary amides is 1. The highest BCUT2D eigenvalue weighted by Crippen LogP contribution is 2.18. The number of nitrogens with one attached hydrogen (secondary N) is 3. The van der Waals surface area contributed by atoms with E-state index in [4.69, 9.17) is 10.5 Å². The number of fused-ring (bicyclic) bond motifs is 1. The van der Waals surface area contributed by atoms with Gasteiger partial charge in [-0.1, -0.05) is 18.2 Å². The smallest absolute Gasteiger partial charge is 0.332 e. The second-order valence-electron chi connectivity index (χ2n) is 8.49. The van der Waals surface area contributed by atoms with Crippen LogP contribution in [0.25, 0.3) is 10.9 Å². The lowest BCUT2D eigenvalue weighted by Crippen LogP contribution is -2.49. The number of hydrogen-bond acceptors (Lipinski definition) is 6. The van der Waals surface area contributed by atoms with Gasteiger partial charge in [0.1, 0.15) is 23.6 Å². The third-order valence-corrected chi connectivity index (χ3v) is 4.53. The molecule has 33 heavy (non-hydrogen) atoms. The van der Waals surface area contributed by atoms with Crippen LogP contribution in [0.1, 0.15) is 44.6 Å². The first kappa shape index (κ1) is 25.4. The molecule has 0 spiro atoms. The molecule has 0 aliphatic carbocycles. The second kappa shape index (κ2) is 10.6. The van der Waals surface area contributed by atoms with E-state index in [-0.39, 0.29) is 12.3 Å². The Morgan fingerprint density at radius 3 is 2.45 bits per heavy atom. The molecule has 0 unspecified atom stereocenters. The van der Waals surface area contributed by atoms with Crippen LogP contribution in [0.2, 0.25) is 0 Å². The number of carbonyl (C=O) groups is 4. The maximum absolute atomic E-state index is 12.7. The Balaban J connectivity index is 2.05. The van der Waals surface area contributed by atoms with Gasteiger partial charge in [0, 0.05) is 18.0 Å². The fraction of sp³-hybridized carbons (Fsp3) is 0.409. The van der Waals surface area contributed by atoms with Crippen molar-refractivity contribution < 1.29 is 23.9 Å². The van der Waals surface area contributed by atoms with Gasteiger partial charge in [-0.2, -0.15) is 0 Å². The van der Waals surface area contributed by atoms with Crippen molar-refractivity contribution in [1.82, 2.24) is 20.6 Å². The topological polar surface area (TPSA) is 157 Å². The Hall–Kier alpha value is -3.89.